The summed E-state index contributed by atoms with van der Waals surface area (Å²) in [5.74, 6) is -0.151. The molecule has 1 amide bonds. The zero-order valence-corrected chi connectivity index (χ0v) is 44.1. The first-order chi connectivity index (χ1) is 32.1. The molecule has 0 bridgehead atoms. The number of allylic oxidation sites excluding steroid dienone is 4. The number of rotatable bonds is 55. The Bertz CT molecular complexity index is 967. The van der Waals surface area contributed by atoms with Gasteiger partial charge in [-0.2, -0.15) is 0 Å². The standard InChI is InChI=1S/C60H117NO4/c1-3-5-7-9-11-13-15-17-19-21-23-25-27-29-30-31-33-35-37-39-41-43-45-47-49-51-53-55-59(64)61-57(56-62)60(65)58(63)54-52-50-48-46-44-42-40-38-36-34-32-28-26-24-22-20-18-16-14-12-10-8-6-4-2/h38,40,46,48,57-58,60,62-63,65H,3-37,39,41-45,47,49-56H2,1-2H3,(H,61,64)/b40-38+,48-46+. The molecule has 0 aromatic carbocycles. The Morgan fingerprint density at radius 1 is 0.369 bits per heavy atom. The van der Waals surface area contributed by atoms with Gasteiger partial charge in [0.1, 0.15) is 6.10 Å². The first-order valence-electron chi connectivity index (χ1n) is 29.6. The molecule has 0 aromatic rings. The molecule has 386 valence electrons. The van der Waals surface area contributed by atoms with E-state index in [0.717, 1.165) is 44.9 Å². The zero-order chi connectivity index (χ0) is 47.2. The van der Waals surface area contributed by atoms with Crippen LogP contribution in [0.1, 0.15) is 328 Å². The molecular weight excluding hydrogens is 799 g/mol. The quantitative estimate of drug-likeness (QED) is 0.0361. The molecule has 0 aliphatic rings. The van der Waals surface area contributed by atoms with Crippen molar-refractivity contribution in [1.29, 1.82) is 0 Å². The molecule has 5 nitrogen and oxygen atoms in total. The average molecular weight is 917 g/mol. The van der Waals surface area contributed by atoms with Crippen LogP contribution in [0.2, 0.25) is 0 Å². The van der Waals surface area contributed by atoms with Crippen molar-refractivity contribution in [3.05, 3.63) is 24.3 Å². The lowest BCUT2D eigenvalue weighted by Gasteiger charge is -2.26. The Morgan fingerprint density at radius 2 is 0.631 bits per heavy atom. The maximum atomic E-state index is 12.5. The van der Waals surface area contributed by atoms with Crippen molar-refractivity contribution in [1.82, 2.24) is 5.32 Å². The van der Waals surface area contributed by atoms with Gasteiger partial charge < -0.3 is 20.6 Å². The molecule has 0 aliphatic heterocycles. The van der Waals surface area contributed by atoms with Gasteiger partial charge in [-0.1, -0.05) is 295 Å². The van der Waals surface area contributed by atoms with E-state index < -0.39 is 18.2 Å². The summed E-state index contributed by atoms with van der Waals surface area (Å²) < 4.78 is 0. The van der Waals surface area contributed by atoms with Gasteiger partial charge in [0, 0.05) is 6.42 Å². The minimum Gasteiger partial charge on any atom is -0.394 e. The van der Waals surface area contributed by atoms with E-state index >= 15 is 0 Å². The van der Waals surface area contributed by atoms with E-state index in [1.807, 2.05) is 0 Å². The van der Waals surface area contributed by atoms with E-state index in [9.17, 15) is 20.1 Å². The van der Waals surface area contributed by atoms with Gasteiger partial charge in [0.15, 0.2) is 0 Å². The van der Waals surface area contributed by atoms with Crippen LogP contribution in [0.3, 0.4) is 0 Å². The highest BCUT2D eigenvalue weighted by Gasteiger charge is 2.26. The number of aliphatic hydroxyl groups is 3. The Hall–Kier alpha value is -1.17. The second-order valence-corrected chi connectivity index (χ2v) is 20.5. The fourth-order valence-electron chi connectivity index (χ4n) is 9.48. The summed E-state index contributed by atoms with van der Waals surface area (Å²) in [7, 11) is 0. The fraction of sp³-hybridized carbons (Fsp3) is 0.917. The fourth-order valence-corrected chi connectivity index (χ4v) is 9.48. The largest absolute Gasteiger partial charge is 0.394 e. The minimum atomic E-state index is -1.17. The minimum absolute atomic E-state index is 0.151. The summed E-state index contributed by atoms with van der Waals surface area (Å²) in [6.07, 6.45) is 70.6. The van der Waals surface area contributed by atoms with E-state index in [-0.39, 0.29) is 12.5 Å². The predicted octanol–water partition coefficient (Wildman–Crippen LogP) is 18.5. The van der Waals surface area contributed by atoms with E-state index in [1.54, 1.807) is 0 Å². The molecule has 0 rings (SSSR count). The maximum absolute atomic E-state index is 12.5. The highest BCUT2D eigenvalue weighted by atomic mass is 16.3. The van der Waals surface area contributed by atoms with Crippen LogP contribution in [-0.2, 0) is 4.79 Å². The normalized spacial score (nSPS) is 13.4. The van der Waals surface area contributed by atoms with Gasteiger partial charge >= 0.3 is 0 Å². The number of carbonyl (C=O) groups excluding carboxylic acids is 1. The summed E-state index contributed by atoms with van der Waals surface area (Å²) >= 11 is 0. The van der Waals surface area contributed by atoms with Crippen molar-refractivity contribution in [2.45, 2.75) is 347 Å². The Kier molecular flexibility index (Phi) is 54.4. The predicted molar refractivity (Wildman–Crippen MR) is 287 cm³/mol. The summed E-state index contributed by atoms with van der Waals surface area (Å²) in [5.41, 5.74) is 0. The van der Waals surface area contributed by atoms with Gasteiger partial charge in [-0.05, 0) is 51.4 Å². The Morgan fingerprint density at radius 3 is 0.938 bits per heavy atom. The molecule has 0 aromatic heterocycles. The van der Waals surface area contributed by atoms with Crippen LogP contribution in [0.4, 0.5) is 0 Å². The van der Waals surface area contributed by atoms with Crippen LogP contribution < -0.4 is 5.32 Å². The van der Waals surface area contributed by atoms with Crippen molar-refractivity contribution in [2.75, 3.05) is 6.61 Å². The van der Waals surface area contributed by atoms with E-state index in [1.165, 1.54) is 257 Å². The summed E-state index contributed by atoms with van der Waals surface area (Å²) in [4.78, 5) is 12.5. The molecule has 3 atom stereocenters. The third kappa shape index (κ3) is 50.5. The van der Waals surface area contributed by atoms with Crippen LogP contribution in [0.15, 0.2) is 24.3 Å². The highest BCUT2D eigenvalue weighted by molar-refractivity contribution is 5.76. The monoisotopic (exact) mass is 916 g/mol. The SMILES string of the molecule is CCCCCCCCCCCCCCCCC/C=C/CC/C=C/CCCC(O)C(O)C(CO)NC(=O)CCCCCCCCCCCCCCCCCCCCCCCCCCCCC. The number of carbonyl (C=O) groups is 1. The molecule has 0 saturated heterocycles. The van der Waals surface area contributed by atoms with Crippen molar-refractivity contribution < 1.29 is 20.1 Å². The van der Waals surface area contributed by atoms with Gasteiger partial charge in [0.25, 0.3) is 0 Å². The number of hydrogen-bond donors (Lipinski definition) is 4. The smallest absolute Gasteiger partial charge is 0.220 e. The molecule has 0 heterocycles. The molecule has 65 heavy (non-hydrogen) atoms. The molecule has 0 saturated carbocycles. The lowest BCUT2D eigenvalue weighted by molar-refractivity contribution is -0.124. The molecular formula is C60H117NO4. The number of nitrogens with one attached hydrogen (secondary N) is 1. The third-order valence-corrected chi connectivity index (χ3v) is 14.0. The second-order valence-electron chi connectivity index (χ2n) is 20.5. The number of amides is 1. The Labute approximate surface area is 407 Å². The van der Waals surface area contributed by atoms with Crippen LogP contribution in [0, 0.1) is 0 Å². The van der Waals surface area contributed by atoms with Gasteiger partial charge in [-0.15, -0.1) is 0 Å². The molecule has 3 unspecified atom stereocenters. The summed E-state index contributed by atoms with van der Waals surface area (Å²) in [6.45, 7) is 4.21. The van der Waals surface area contributed by atoms with Crippen LogP contribution in [-0.4, -0.2) is 46.1 Å². The van der Waals surface area contributed by atoms with Gasteiger partial charge in [0.2, 0.25) is 5.91 Å². The number of unbranched alkanes of at least 4 members (excludes halogenated alkanes) is 43. The molecule has 0 spiro atoms. The summed E-state index contributed by atoms with van der Waals surface area (Å²) in [6, 6.07) is -0.830. The van der Waals surface area contributed by atoms with E-state index in [4.69, 9.17) is 0 Å². The van der Waals surface area contributed by atoms with E-state index in [0.29, 0.717) is 12.8 Å². The zero-order valence-electron chi connectivity index (χ0n) is 44.1. The van der Waals surface area contributed by atoms with Crippen LogP contribution in [0.5, 0.6) is 0 Å². The first kappa shape index (κ1) is 63.8. The number of hydrogen-bond acceptors (Lipinski definition) is 4. The average Bonchev–Trinajstić information content (AvgIpc) is 3.31. The summed E-state index contributed by atoms with van der Waals surface area (Å²) in [5, 5.41) is 33.8. The third-order valence-electron chi connectivity index (χ3n) is 14.0. The molecule has 0 fully saturated rings. The molecule has 4 N–H and O–H groups in total. The Balaban J connectivity index is 3.55. The van der Waals surface area contributed by atoms with Crippen molar-refractivity contribution in [3.63, 3.8) is 0 Å². The van der Waals surface area contributed by atoms with Gasteiger partial charge in [-0.3, -0.25) is 4.79 Å². The van der Waals surface area contributed by atoms with Gasteiger partial charge in [0.05, 0.1) is 18.8 Å². The lowest BCUT2D eigenvalue weighted by Crippen LogP contribution is -2.50. The van der Waals surface area contributed by atoms with Gasteiger partial charge in [-0.25, -0.2) is 0 Å². The van der Waals surface area contributed by atoms with Crippen molar-refractivity contribution >= 4 is 5.91 Å². The van der Waals surface area contributed by atoms with Crippen LogP contribution in [0.25, 0.3) is 0 Å². The number of aliphatic hydroxyl groups excluding tert-OH is 3. The molecule has 5 heteroatoms. The van der Waals surface area contributed by atoms with E-state index in [2.05, 4.69) is 43.5 Å². The molecule has 0 radical (unpaired) electrons. The van der Waals surface area contributed by atoms with Crippen molar-refractivity contribution in [3.8, 4) is 0 Å². The topological polar surface area (TPSA) is 89.8 Å². The van der Waals surface area contributed by atoms with Crippen LogP contribution >= 0.6 is 0 Å². The molecule has 0 aliphatic carbocycles. The lowest BCUT2D eigenvalue weighted by atomic mass is 10.0. The second kappa shape index (κ2) is 55.4. The first-order valence-corrected chi connectivity index (χ1v) is 29.6. The van der Waals surface area contributed by atoms with Crippen molar-refractivity contribution in [2.24, 2.45) is 0 Å². The maximum Gasteiger partial charge on any atom is 0.220 e. The highest BCUT2D eigenvalue weighted by Crippen LogP contribution is 2.18.